The highest BCUT2D eigenvalue weighted by Crippen LogP contribution is 2.29. The first kappa shape index (κ1) is 19.9. The highest BCUT2D eigenvalue weighted by Gasteiger charge is 2.27. The highest BCUT2D eigenvalue weighted by molar-refractivity contribution is 5.92. The summed E-state index contributed by atoms with van der Waals surface area (Å²) in [7, 11) is 1.61. The fourth-order valence-electron chi connectivity index (χ4n) is 3.86. The number of methoxy groups -OCH3 is 1. The van der Waals surface area contributed by atoms with Crippen molar-refractivity contribution >= 4 is 17.6 Å². The number of ether oxygens (including phenoxy) is 2. The van der Waals surface area contributed by atoms with Crippen molar-refractivity contribution in [2.75, 3.05) is 26.8 Å². The van der Waals surface area contributed by atoms with Gasteiger partial charge >= 0.3 is 0 Å². The lowest BCUT2D eigenvalue weighted by molar-refractivity contribution is -0.127. The van der Waals surface area contributed by atoms with Crippen LogP contribution < -0.4 is 9.47 Å². The Kier molecular flexibility index (Phi) is 5.97. The normalized spacial score (nSPS) is 16.9. The van der Waals surface area contributed by atoms with E-state index in [9.17, 15) is 4.79 Å². The number of aromatic nitrogens is 3. The van der Waals surface area contributed by atoms with Gasteiger partial charge in [-0.05, 0) is 55.7 Å². The van der Waals surface area contributed by atoms with Crippen molar-refractivity contribution in [2.45, 2.75) is 25.7 Å². The van der Waals surface area contributed by atoms with Gasteiger partial charge < -0.3 is 14.4 Å². The quantitative estimate of drug-likeness (QED) is 0.586. The summed E-state index contributed by atoms with van der Waals surface area (Å²) in [6.45, 7) is 3.88. The number of fused-ring (bicyclic) bond motifs is 1. The summed E-state index contributed by atoms with van der Waals surface area (Å²) in [5.41, 5.74) is 1.73. The van der Waals surface area contributed by atoms with E-state index in [0.29, 0.717) is 24.7 Å². The van der Waals surface area contributed by atoms with E-state index in [2.05, 4.69) is 10.2 Å². The van der Waals surface area contributed by atoms with Gasteiger partial charge in [-0.3, -0.25) is 9.20 Å². The van der Waals surface area contributed by atoms with Gasteiger partial charge in [0.25, 0.3) is 0 Å². The van der Waals surface area contributed by atoms with E-state index in [1.165, 1.54) is 0 Å². The molecule has 3 heterocycles. The molecule has 0 N–H and O–H groups in total. The van der Waals surface area contributed by atoms with Gasteiger partial charge in [-0.1, -0.05) is 12.1 Å². The van der Waals surface area contributed by atoms with Crippen molar-refractivity contribution in [1.29, 1.82) is 0 Å². The van der Waals surface area contributed by atoms with Crippen LogP contribution in [0.2, 0.25) is 0 Å². The molecule has 2 aromatic heterocycles. The van der Waals surface area contributed by atoms with Crippen molar-refractivity contribution < 1.29 is 14.3 Å². The number of amides is 1. The number of rotatable bonds is 6. The molecule has 156 valence electrons. The predicted molar refractivity (Wildman–Crippen MR) is 115 cm³/mol. The molecule has 1 aliphatic heterocycles. The summed E-state index contributed by atoms with van der Waals surface area (Å²) < 4.78 is 12.9. The minimum absolute atomic E-state index is 0.00213. The molecule has 7 heteroatoms. The molecular formula is C23H26N4O3. The first-order valence-electron chi connectivity index (χ1n) is 10.3. The maximum atomic E-state index is 12.8. The number of nitrogens with zero attached hydrogens (tertiary/aromatic N) is 4. The summed E-state index contributed by atoms with van der Waals surface area (Å²) in [4.78, 5) is 14.7. The van der Waals surface area contributed by atoms with Crippen LogP contribution in [0.15, 0.2) is 48.7 Å². The van der Waals surface area contributed by atoms with Crippen molar-refractivity contribution in [3.8, 4) is 11.5 Å². The second-order valence-corrected chi connectivity index (χ2v) is 7.29. The third-order valence-corrected chi connectivity index (χ3v) is 5.34. The molecule has 1 unspecified atom stereocenters. The van der Waals surface area contributed by atoms with Crippen LogP contribution >= 0.6 is 0 Å². The molecule has 0 aliphatic carbocycles. The number of hydrogen-bond acceptors (Lipinski definition) is 5. The molecule has 0 saturated carbocycles. The van der Waals surface area contributed by atoms with Crippen LogP contribution in [0.25, 0.3) is 11.7 Å². The third kappa shape index (κ3) is 4.15. The van der Waals surface area contributed by atoms with Crippen LogP contribution in [-0.2, 0) is 4.79 Å². The summed E-state index contributed by atoms with van der Waals surface area (Å²) in [5.74, 6) is 2.45. The highest BCUT2D eigenvalue weighted by atomic mass is 16.5. The summed E-state index contributed by atoms with van der Waals surface area (Å²) in [5, 5.41) is 8.63. The second kappa shape index (κ2) is 8.98. The fourth-order valence-corrected chi connectivity index (χ4v) is 3.86. The van der Waals surface area contributed by atoms with Gasteiger partial charge in [-0.2, -0.15) is 0 Å². The summed E-state index contributed by atoms with van der Waals surface area (Å²) in [6, 6.07) is 11.5. The van der Waals surface area contributed by atoms with Crippen LogP contribution in [0.5, 0.6) is 11.5 Å². The van der Waals surface area contributed by atoms with Crippen LogP contribution in [0.3, 0.4) is 0 Å². The Bertz CT molecular complexity index is 1060. The summed E-state index contributed by atoms with van der Waals surface area (Å²) >= 11 is 0. The van der Waals surface area contributed by atoms with Crippen LogP contribution in [0, 0.1) is 0 Å². The van der Waals surface area contributed by atoms with E-state index in [1.807, 2.05) is 64.9 Å². The Morgan fingerprint density at radius 1 is 1.23 bits per heavy atom. The molecule has 1 fully saturated rings. The van der Waals surface area contributed by atoms with E-state index in [1.54, 1.807) is 13.2 Å². The number of carbonyl (C=O) groups is 1. The molecule has 1 aliphatic rings. The maximum Gasteiger partial charge on any atom is 0.246 e. The van der Waals surface area contributed by atoms with Crippen molar-refractivity contribution in [2.24, 2.45) is 0 Å². The number of hydrogen-bond donors (Lipinski definition) is 0. The zero-order valence-corrected chi connectivity index (χ0v) is 17.3. The van der Waals surface area contributed by atoms with Gasteiger partial charge in [0.05, 0.1) is 13.7 Å². The molecule has 0 spiro atoms. The standard InChI is InChI=1S/C23H26N4O3/c1-3-30-20-15-17(9-11-19(20)29-2)10-12-22(28)26-13-6-7-18(16-26)23-25-24-21-8-4-5-14-27(21)23/h4-5,8-12,14-15,18H,3,6-7,13,16H2,1-2H3/b12-10+. The maximum absolute atomic E-state index is 12.8. The van der Waals surface area contributed by atoms with Crippen molar-refractivity contribution in [1.82, 2.24) is 19.5 Å². The molecule has 30 heavy (non-hydrogen) atoms. The fraction of sp³-hybridized carbons (Fsp3) is 0.348. The lowest BCUT2D eigenvalue weighted by atomic mass is 9.97. The Hall–Kier alpha value is -3.35. The van der Waals surface area contributed by atoms with E-state index in [-0.39, 0.29) is 11.8 Å². The smallest absolute Gasteiger partial charge is 0.246 e. The molecule has 1 aromatic carbocycles. The van der Waals surface area contributed by atoms with Crippen LogP contribution in [0.1, 0.15) is 37.1 Å². The second-order valence-electron chi connectivity index (χ2n) is 7.29. The number of pyridine rings is 1. The predicted octanol–water partition coefficient (Wildman–Crippen LogP) is 3.56. The van der Waals surface area contributed by atoms with Gasteiger partial charge in [-0.15, -0.1) is 10.2 Å². The zero-order valence-electron chi connectivity index (χ0n) is 17.3. The number of piperidine rings is 1. The minimum Gasteiger partial charge on any atom is -0.493 e. The molecule has 7 nitrogen and oxygen atoms in total. The van der Waals surface area contributed by atoms with Crippen molar-refractivity contribution in [3.63, 3.8) is 0 Å². The number of likely N-dealkylation sites (tertiary alicyclic amines) is 1. The molecule has 0 bridgehead atoms. The molecule has 1 atom stereocenters. The minimum atomic E-state index is 0.00213. The average Bonchev–Trinajstić information content (AvgIpc) is 3.22. The zero-order chi connectivity index (χ0) is 20.9. The monoisotopic (exact) mass is 406 g/mol. The SMILES string of the molecule is CCOc1cc(/C=C/C(=O)N2CCCC(c3nnc4ccccn34)C2)ccc1OC. The van der Waals surface area contributed by atoms with Gasteiger partial charge in [0.2, 0.25) is 5.91 Å². The topological polar surface area (TPSA) is 69.0 Å². The molecule has 1 saturated heterocycles. The molecule has 3 aromatic rings. The van der Waals surface area contributed by atoms with Crippen LogP contribution in [0.4, 0.5) is 0 Å². The van der Waals surface area contributed by atoms with Gasteiger partial charge in [0, 0.05) is 31.3 Å². The molecular weight excluding hydrogens is 380 g/mol. The molecule has 0 radical (unpaired) electrons. The third-order valence-electron chi connectivity index (χ3n) is 5.34. The van der Waals surface area contributed by atoms with Gasteiger partial charge in [0.15, 0.2) is 17.1 Å². The Morgan fingerprint density at radius 2 is 2.13 bits per heavy atom. The first-order valence-corrected chi connectivity index (χ1v) is 10.3. The molecule has 1 amide bonds. The van der Waals surface area contributed by atoms with E-state index >= 15 is 0 Å². The summed E-state index contributed by atoms with van der Waals surface area (Å²) in [6.07, 6.45) is 7.37. The number of benzene rings is 1. The Labute approximate surface area is 175 Å². The largest absolute Gasteiger partial charge is 0.493 e. The van der Waals surface area contributed by atoms with Gasteiger partial charge in [0.1, 0.15) is 5.82 Å². The van der Waals surface area contributed by atoms with E-state index < -0.39 is 0 Å². The first-order chi connectivity index (χ1) is 14.7. The van der Waals surface area contributed by atoms with Crippen molar-refractivity contribution in [3.05, 3.63) is 60.1 Å². The molecule has 4 rings (SSSR count). The lowest BCUT2D eigenvalue weighted by Crippen LogP contribution is -2.38. The number of carbonyl (C=O) groups excluding carboxylic acids is 1. The van der Waals surface area contributed by atoms with E-state index in [0.717, 1.165) is 36.4 Å². The lowest BCUT2D eigenvalue weighted by Gasteiger charge is -2.31. The van der Waals surface area contributed by atoms with E-state index in [4.69, 9.17) is 9.47 Å². The van der Waals surface area contributed by atoms with Crippen LogP contribution in [-0.4, -0.2) is 52.2 Å². The van der Waals surface area contributed by atoms with Gasteiger partial charge in [-0.25, -0.2) is 0 Å². The average molecular weight is 406 g/mol. The Balaban J connectivity index is 1.46. The Morgan fingerprint density at radius 3 is 2.97 bits per heavy atom.